The van der Waals surface area contributed by atoms with Gasteiger partial charge in [0.25, 0.3) is 10.8 Å². The van der Waals surface area contributed by atoms with Crippen LogP contribution in [0.1, 0.15) is 58.2 Å². The molecule has 2 aliphatic rings. The van der Waals surface area contributed by atoms with Crippen molar-refractivity contribution in [2.24, 2.45) is 7.05 Å². The number of nitrogens with zero attached hydrogens (tertiary/aromatic N) is 8. The molecule has 39 heavy (non-hydrogen) atoms. The van der Waals surface area contributed by atoms with Crippen LogP contribution in [0.5, 0.6) is 5.19 Å². The average Bonchev–Trinajstić information content (AvgIpc) is 3.50. The second-order valence-corrected chi connectivity index (χ2v) is 11.6. The van der Waals surface area contributed by atoms with Crippen molar-refractivity contribution in [2.45, 2.75) is 77.2 Å². The molecule has 10 nitrogen and oxygen atoms in total. The SMILES string of the molecule is CC[C@H]1CN(C(C)c2ccc3nc(OC4CC4)sc3n2)[C@H](CC)CN1c1cc(=O)n(C)c2cn(CC#N)nc12. The molecule has 0 spiro atoms. The smallest absolute Gasteiger partial charge is 0.276 e. The Labute approximate surface area is 231 Å². The number of aryl methyl sites for hydroxylation is 1. The van der Waals surface area contributed by atoms with Crippen LogP contribution >= 0.6 is 11.3 Å². The lowest BCUT2D eigenvalue weighted by Gasteiger charge is -2.49. The van der Waals surface area contributed by atoms with E-state index in [-0.39, 0.29) is 30.2 Å². The zero-order valence-electron chi connectivity index (χ0n) is 22.9. The summed E-state index contributed by atoms with van der Waals surface area (Å²) < 4.78 is 9.14. The van der Waals surface area contributed by atoms with Gasteiger partial charge in [-0.2, -0.15) is 10.4 Å². The summed E-state index contributed by atoms with van der Waals surface area (Å²) in [5.74, 6) is 0. The van der Waals surface area contributed by atoms with E-state index < -0.39 is 0 Å². The van der Waals surface area contributed by atoms with Crippen LogP contribution in [0.2, 0.25) is 0 Å². The Kier molecular flexibility index (Phi) is 6.77. The molecule has 2 fully saturated rings. The van der Waals surface area contributed by atoms with E-state index in [1.54, 1.807) is 28.6 Å². The second-order valence-electron chi connectivity index (χ2n) is 10.7. The molecule has 6 rings (SSSR count). The molecular formula is C28H34N8O2S. The number of fused-ring (bicyclic) bond motifs is 2. The van der Waals surface area contributed by atoms with Crippen molar-refractivity contribution < 1.29 is 4.74 Å². The van der Waals surface area contributed by atoms with Crippen molar-refractivity contribution in [3.63, 3.8) is 0 Å². The number of hydrogen-bond acceptors (Lipinski definition) is 9. The molecule has 0 aromatic carbocycles. The molecule has 1 saturated heterocycles. The van der Waals surface area contributed by atoms with Gasteiger partial charge in [-0.05, 0) is 44.7 Å². The predicted molar refractivity (Wildman–Crippen MR) is 152 cm³/mol. The monoisotopic (exact) mass is 546 g/mol. The zero-order chi connectivity index (χ0) is 27.3. The molecule has 204 valence electrons. The fourth-order valence-electron chi connectivity index (χ4n) is 5.66. The van der Waals surface area contributed by atoms with Gasteiger partial charge in [0.1, 0.15) is 28.5 Å². The predicted octanol–water partition coefficient (Wildman–Crippen LogP) is 4.24. The van der Waals surface area contributed by atoms with E-state index >= 15 is 0 Å². The normalized spacial score (nSPS) is 20.9. The minimum Gasteiger partial charge on any atom is -0.467 e. The van der Waals surface area contributed by atoms with Crippen molar-refractivity contribution in [1.29, 1.82) is 5.26 Å². The summed E-state index contributed by atoms with van der Waals surface area (Å²) >= 11 is 1.53. The Hall–Kier alpha value is -3.49. The lowest BCUT2D eigenvalue weighted by Crippen LogP contribution is -2.58. The third-order valence-corrected chi connectivity index (χ3v) is 8.99. The van der Waals surface area contributed by atoms with Crippen LogP contribution in [0.15, 0.2) is 29.2 Å². The summed E-state index contributed by atoms with van der Waals surface area (Å²) in [6, 6.07) is 8.63. The molecule has 5 heterocycles. The summed E-state index contributed by atoms with van der Waals surface area (Å²) in [6.45, 7) is 8.44. The van der Waals surface area contributed by atoms with Gasteiger partial charge in [-0.15, -0.1) is 0 Å². The van der Waals surface area contributed by atoms with Gasteiger partial charge in [0.15, 0.2) is 0 Å². The summed E-state index contributed by atoms with van der Waals surface area (Å²) in [5, 5.41) is 14.6. The number of thiazole rings is 1. The second kappa shape index (κ2) is 10.2. The van der Waals surface area contributed by atoms with Crippen LogP contribution in [-0.4, -0.2) is 60.5 Å². The van der Waals surface area contributed by atoms with E-state index in [4.69, 9.17) is 14.8 Å². The first-order valence-electron chi connectivity index (χ1n) is 13.8. The third-order valence-electron chi connectivity index (χ3n) is 8.14. The summed E-state index contributed by atoms with van der Waals surface area (Å²) in [6.07, 6.45) is 6.23. The van der Waals surface area contributed by atoms with Gasteiger partial charge in [-0.3, -0.25) is 14.4 Å². The zero-order valence-corrected chi connectivity index (χ0v) is 23.7. The standard InChI is InChI=1S/C28H34N8O2S/c1-5-18-15-36(23-13-25(37)33(4)24-16-34(12-11-29)32-26(23)24)19(6-2)14-35(18)17(3)21-9-10-22-27(30-21)39-28(31-22)38-20-7-8-20/h9-10,13,16-20H,5-8,12,14-15H2,1-4H3/t17?,18-,19+/m1/s1. The van der Waals surface area contributed by atoms with Crippen molar-refractivity contribution >= 4 is 38.4 Å². The van der Waals surface area contributed by atoms with Crippen molar-refractivity contribution in [1.82, 2.24) is 29.2 Å². The highest BCUT2D eigenvalue weighted by molar-refractivity contribution is 7.19. The Balaban J connectivity index is 1.30. The van der Waals surface area contributed by atoms with Crippen LogP contribution in [0, 0.1) is 11.3 Å². The van der Waals surface area contributed by atoms with Gasteiger partial charge in [0.2, 0.25) is 0 Å². The molecule has 0 radical (unpaired) electrons. The fraction of sp³-hybridized carbons (Fsp3) is 0.536. The van der Waals surface area contributed by atoms with Crippen LogP contribution in [-0.2, 0) is 13.6 Å². The number of pyridine rings is 2. The average molecular weight is 547 g/mol. The largest absolute Gasteiger partial charge is 0.467 e. The maximum atomic E-state index is 12.9. The van der Waals surface area contributed by atoms with Gasteiger partial charge in [-0.25, -0.2) is 9.97 Å². The van der Waals surface area contributed by atoms with Gasteiger partial charge < -0.3 is 14.2 Å². The quantitative estimate of drug-likeness (QED) is 0.323. The number of nitriles is 1. The van der Waals surface area contributed by atoms with E-state index in [9.17, 15) is 10.1 Å². The van der Waals surface area contributed by atoms with E-state index in [0.717, 1.165) is 71.5 Å². The van der Waals surface area contributed by atoms with Crippen molar-refractivity contribution in [2.75, 3.05) is 18.0 Å². The number of ether oxygens (including phenoxy) is 1. The molecule has 4 aromatic rings. The fourth-order valence-corrected chi connectivity index (χ4v) is 6.52. The Morgan fingerprint density at radius 1 is 1.18 bits per heavy atom. The molecule has 0 N–H and O–H groups in total. The Morgan fingerprint density at radius 2 is 1.97 bits per heavy atom. The maximum absolute atomic E-state index is 12.9. The van der Waals surface area contributed by atoms with Gasteiger partial charge in [-0.1, -0.05) is 25.2 Å². The van der Waals surface area contributed by atoms with E-state index in [1.165, 1.54) is 11.3 Å². The molecule has 4 aromatic heterocycles. The number of aromatic nitrogens is 5. The van der Waals surface area contributed by atoms with Gasteiger partial charge in [0, 0.05) is 44.3 Å². The highest BCUT2D eigenvalue weighted by Crippen LogP contribution is 2.36. The number of hydrogen-bond donors (Lipinski definition) is 0. The number of anilines is 1. The Morgan fingerprint density at radius 3 is 2.69 bits per heavy atom. The molecule has 11 heteroatoms. The summed E-state index contributed by atoms with van der Waals surface area (Å²) in [5.41, 5.74) is 4.23. The lowest BCUT2D eigenvalue weighted by molar-refractivity contribution is 0.0993. The first-order chi connectivity index (χ1) is 18.9. The first-order valence-corrected chi connectivity index (χ1v) is 14.6. The Bertz CT molecular complexity index is 1610. The van der Waals surface area contributed by atoms with Gasteiger partial charge in [0.05, 0.1) is 29.2 Å². The van der Waals surface area contributed by atoms with E-state index in [2.05, 4.69) is 53.8 Å². The van der Waals surface area contributed by atoms with Crippen LogP contribution in [0.3, 0.4) is 0 Å². The van der Waals surface area contributed by atoms with Crippen LogP contribution < -0.4 is 15.2 Å². The maximum Gasteiger partial charge on any atom is 0.276 e. The molecule has 0 bridgehead atoms. The van der Waals surface area contributed by atoms with E-state index in [0.29, 0.717) is 11.3 Å². The van der Waals surface area contributed by atoms with E-state index in [1.807, 2.05) is 0 Å². The van der Waals surface area contributed by atoms with Crippen molar-refractivity contribution in [3.05, 3.63) is 40.4 Å². The topological polar surface area (TPSA) is 105 Å². The van der Waals surface area contributed by atoms with Gasteiger partial charge >= 0.3 is 0 Å². The summed E-state index contributed by atoms with van der Waals surface area (Å²) in [7, 11) is 1.76. The minimum atomic E-state index is -0.0696. The molecular weight excluding hydrogens is 512 g/mol. The number of rotatable bonds is 8. The molecule has 3 atom stereocenters. The molecule has 1 unspecified atom stereocenters. The highest BCUT2D eigenvalue weighted by atomic mass is 32.1. The third kappa shape index (κ3) is 4.76. The van der Waals surface area contributed by atoms with Crippen LogP contribution in [0.4, 0.5) is 5.69 Å². The highest BCUT2D eigenvalue weighted by Gasteiger charge is 2.37. The molecule has 1 saturated carbocycles. The minimum absolute atomic E-state index is 0.0696. The molecule has 0 amide bonds. The summed E-state index contributed by atoms with van der Waals surface area (Å²) in [4.78, 5) is 28.4. The van der Waals surface area contributed by atoms with Crippen LogP contribution in [0.25, 0.3) is 21.4 Å². The first kappa shape index (κ1) is 25.8. The lowest BCUT2D eigenvalue weighted by atomic mass is 9.98. The van der Waals surface area contributed by atoms with Crippen molar-refractivity contribution in [3.8, 4) is 11.3 Å². The number of piperazine rings is 1. The molecule has 1 aliphatic carbocycles. The molecule has 1 aliphatic heterocycles.